The number of methoxy groups -OCH3 is 2. The summed E-state index contributed by atoms with van der Waals surface area (Å²) < 4.78 is 32.5. The highest BCUT2D eigenvalue weighted by Crippen LogP contribution is 2.35. The lowest BCUT2D eigenvalue weighted by atomic mass is 10.1. The molecule has 0 radical (unpaired) electrons. The molecule has 0 amide bonds. The summed E-state index contributed by atoms with van der Waals surface area (Å²) in [7, 11) is 3.02. The van der Waals surface area contributed by atoms with Gasteiger partial charge in [0.15, 0.2) is 34.6 Å². The van der Waals surface area contributed by atoms with Crippen LogP contribution in [0.5, 0.6) is 23.0 Å². The largest absolute Gasteiger partial charge is 0.493 e. The van der Waals surface area contributed by atoms with Crippen molar-refractivity contribution in [3.05, 3.63) is 51.6 Å². The predicted molar refractivity (Wildman–Crippen MR) is 167 cm³/mol. The molecule has 13 nitrogen and oxygen atoms in total. The average Bonchev–Trinajstić information content (AvgIpc) is 3.05. The first-order valence-corrected chi connectivity index (χ1v) is 15.2. The van der Waals surface area contributed by atoms with E-state index >= 15 is 0 Å². The summed E-state index contributed by atoms with van der Waals surface area (Å²) in [5.41, 5.74) is 0.372. The van der Waals surface area contributed by atoms with Gasteiger partial charge in [0, 0.05) is 50.9 Å². The fourth-order valence-corrected chi connectivity index (χ4v) is 4.85. The summed E-state index contributed by atoms with van der Waals surface area (Å²) in [4.78, 5) is 38.1. The van der Waals surface area contributed by atoms with Gasteiger partial charge in [-0.25, -0.2) is 0 Å². The lowest BCUT2D eigenvalue weighted by Crippen LogP contribution is -2.37. The van der Waals surface area contributed by atoms with Crippen molar-refractivity contribution in [1.82, 2.24) is 9.80 Å². The highest BCUT2D eigenvalue weighted by Gasteiger charge is 2.22. The van der Waals surface area contributed by atoms with Crippen LogP contribution in [-0.4, -0.2) is 119 Å². The zero-order valence-corrected chi connectivity index (χ0v) is 26.7. The van der Waals surface area contributed by atoms with E-state index in [2.05, 4.69) is 9.80 Å². The molecule has 4 rings (SSSR count). The molecule has 2 aromatic carbocycles. The summed E-state index contributed by atoms with van der Waals surface area (Å²) in [6, 6.07) is 7.90. The minimum Gasteiger partial charge on any atom is -0.493 e. The van der Waals surface area contributed by atoms with Crippen LogP contribution in [0.2, 0.25) is 0 Å². The summed E-state index contributed by atoms with van der Waals surface area (Å²) in [5, 5.41) is 11.2. The number of nitrogens with zero attached hydrogens (tertiary/aromatic N) is 3. The Labute approximate surface area is 264 Å². The van der Waals surface area contributed by atoms with Crippen LogP contribution in [0.15, 0.2) is 30.3 Å². The molecule has 2 heterocycles. The Morgan fingerprint density at radius 1 is 0.756 bits per heavy atom. The molecule has 2 aliphatic heterocycles. The zero-order chi connectivity index (χ0) is 32.6. The summed E-state index contributed by atoms with van der Waals surface area (Å²) in [6.45, 7) is 12.7. The van der Waals surface area contributed by atoms with Gasteiger partial charge in [0.25, 0.3) is 5.69 Å². The zero-order valence-electron chi connectivity index (χ0n) is 26.7. The number of benzene rings is 2. The number of rotatable bonds is 15. The molecule has 0 unspecified atom stereocenters. The summed E-state index contributed by atoms with van der Waals surface area (Å²) in [5.74, 6) is 1.51. The molecule has 0 N–H and O–H groups in total. The van der Waals surface area contributed by atoms with Gasteiger partial charge >= 0.3 is 0 Å². The summed E-state index contributed by atoms with van der Waals surface area (Å²) >= 11 is 0. The Morgan fingerprint density at radius 2 is 1.27 bits per heavy atom. The van der Waals surface area contributed by atoms with E-state index in [1.165, 1.54) is 33.1 Å². The topological polar surface area (TPSA) is 139 Å². The minimum atomic E-state index is -0.587. The molecule has 0 aliphatic carbocycles. The van der Waals surface area contributed by atoms with E-state index in [0.717, 1.165) is 78.5 Å². The molecule has 0 spiro atoms. The van der Waals surface area contributed by atoms with E-state index in [9.17, 15) is 19.7 Å². The van der Waals surface area contributed by atoms with Crippen LogP contribution in [0.1, 0.15) is 47.4 Å². The van der Waals surface area contributed by atoms with E-state index < -0.39 is 4.92 Å². The van der Waals surface area contributed by atoms with Crippen LogP contribution in [0.4, 0.5) is 5.69 Å². The van der Waals surface area contributed by atoms with Crippen molar-refractivity contribution in [1.29, 1.82) is 0 Å². The van der Waals surface area contributed by atoms with Gasteiger partial charge in [-0.1, -0.05) is 0 Å². The Bertz CT molecular complexity index is 1260. The second-order valence-corrected chi connectivity index (χ2v) is 10.6. The van der Waals surface area contributed by atoms with Gasteiger partial charge in [-0.3, -0.25) is 29.5 Å². The third-order valence-electron chi connectivity index (χ3n) is 7.39. The van der Waals surface area contributed by atoms with E-state index in [1.807, 2.05) is 0 Å². The first kappa shape index (κ1) is 35.7. The van der Waals surface area contributed by atoms with Gasteiger partial charge in [-0.15, -0.1) is 0 Å². The lowest BCUT2D eigenvalue weighted by molar-refractivity contribution is -0.385. The van der Waals surface area contributed by atoms with Crippen molar-refractivity contribution in [2.45, 2.75) is 26.7 Å². The Morgan fingerprint density at radius 3 is 1.73 bits per heavy atom. The minimum absolute atomic E-state index is 0.0116. The van der Waals surface area contributed by atoms with E-state index in [0.29, 0.717) is 36.0 Å². The number of carbonyl (C=O) groups excluding carboxylic acids is 2. The van der Waals surface area contributed by atoms with Gasteiger partial charge < -0.3 is 28.4 Å². The van der Waals surface area contributed by atoms with Crippen molar-refractivity contribution < 1.29 is 42.9 Å². The van der Waals surface area contributed by atoms with Crippen LogP contribution in [-0.2, 0) is 9.47 Å². The number of Topliss-reactive ketones (excluding diaryl/α,β-unsaturated/α-hetero) is 2. The second kappa shape index (κ2) is 18.9. The van der Waals surface area contributed by atoms with Crippen LogP contribution in [0, 0.1) is 10.1 Å². The average molecular weight is 632 g/mol. The molecule has 248 valence electrons. The van der Waals surface area contributed by atoms with Crippen molar-refractivity contribution >= 4 is 17.3 Å². The van der Waals surface area contributed by atoms with Gasteiger partial charge in [0.05, 0.1) is 70.4 Å². The van der Waals surface area contributed by atoms with Crippen molar-refractivity contribution in [3.63, 3.8) is 0 Å². The number of hydrogen-bond donors (Lipinski definition) is 0. The van der Waals surface area contributed by atoms with E-state index in [-0.39, 0.29) is 28.6 Å². The number of hydrogen-bond acceptors (Lipinski definition) is 12. The maximum atomic E-state index is 11.6. The van der Waals surface area contributed by atoms with Gasteiger partial charge in [-0.2, -0.15) is 0 Å². The van der Waals surface area contributed by atoms with E-state index in [1.54, 1.807) is 25.3 Å². The Hall–Kier alpha value is -3.78. The molecule has 0 saturated carbocycles. The van der Waals surface area contributed by atoms with Crippen molar-refractivity contribution in [3.8, 4) is 23.0 Å². The summed E-state index contributed by atoms with van der Waals surface area (Å²) in [6.07, 6.45) is 1.74. The molecule has 0 atom stereocenters. The standard InChI is InChI=1S/C16H22N2O6.C16H23NO4/c1-12(19)13-10-15(22-2)16(11-14(13)18(20)21)24-7-3-4-17-5-8-23-9-6-17;1-13(18)14-4-5-15(16(12-14)19-2)21-9-3-6-17-7-10-20-11-8-17/h10-11H,3-9H2,1-2H3;4-5,12H,3,6-11H2,1-2H3. The van der Waals surface area contributed by atoms with E-state index in [4.69, 9.17) is 28.4 Å². The normalized spacial score (nSPS) is 15.4. The van der Waals surface area contributed by atoms with Crippen molar-refractivity contribution in [2.75, 3.05) is 93.1 Å². The molecular weight excluding hydrogens is 586 g/mol. The number of nitro groups is 1. The number of ether oxygens (including phenoxy) is 6. The fourth-order valence-electron chi connectivity index (χ4n) is 4.85. The third-order valence-corrected chi connectivity index (χ3v) is 7.39. The third kappa shape index (κ3) is 11.6. The molecule has 45 heavy (non-hydrogen) atoms. The molecule has 2 fully saturated rings. The fraction of sp³-hybridized carbons (Fsp3) is 0.562. The molecule has 2 aliphatic rings. The highest BCUT2D eigenvalue weighted by molar-refractivity contribution is 5.99. The maximum absolute atomic E-state index is 11.6. The van der Waals surface area contributed by atoms with Crippen LogP contribution in [0.3, 0.4) is 0 Å². The first-order chi connectivity index (χ1) is 21.7. The number of carbonyl (C=O) groups is 2. The predicted octanol–water partition coefficient (Wildman–Crippen LogP) is 3.91. The first-order valence-electron chi connectivity index (χ1n) is 15.2. The molecule has 0 aromatic heterocycles. The molecule has 2 aromatic rings. The number of nitro benzene ring substituents is 1. The van der Waals surface area contributed by atoms with Crippen LogP contribution >= 0.6 is 0 Å². The quantitative estimate of drug-likeness (QED) is 0.122. The molecule has 2 saturated heterocycles. The lowest BCUT2D eigenvalue weighted by Gasteiger charge is -2.26. The smallest absolute Gasteiger partial charge is 0.284 e. The second-order valence-electron chi connectivity index (χ2n) is 10.6. The van der Waals surface area contributed by atoms with Gasteiger partial charge in [0.2, 0.25) is 0 Å². The van der Waals surface area contributed by atoms with Crippen LogP contribution in [0.25, 0.3) is 0 Å². The van der Waals surface area contributed by atoms with Gasteiger partial charge in [0.1, 0.15) is 0 Å². The molecule has 13 heteroatoms. The number of morpholine rings is 2. The number of ketones is 2. The van der Waals surface area contributed by atoms with Crippen molar-refractivity contribution in [2.24, 2.45) is 0 Å². The Balaban J connectivity index is 0.000000248. The SMILES string of the molecule is COc1cc(C(C)=O)c([N+](=O)[O-])cc1OCCCN1CCOCC1.COc1cc(C(C)=O)ccc1OCCCN1CCOCC1. The highest BCUT2D eigenvalue weighted by atomic mass is 16.6. The van der Waals surface area contributed by atoms with Crippen LogP contribution < -0.4 is 18.9 Å². The Kier molecular flexibility index (Phi) is 15.0. The maximum Gasteiger partial charge on any atom is 0.284 e. The monoisotopic (exact) mass is 631 g/mol. The van der Waals surface area contributed by atoms with Gasteiger partial charge in [-0.05, 0) is 44.9 Å². The molecule has 0 bridgehead atoms. The molecular formula is C32H45N3O10.